The highest BCUT2D eigenvalue weighted by molar-refractivity contribution is 14.1. The molecule has 30 heavy (non-hydrogen) atoms. The van der Waals surface area contributed by atoms with Crippen LogP contribution >= 0.6 is 22.6 Å². The molecule has 0 spiro atoms. The van der Waals surface area contributed by atoms with Gasteiger partial charge < -0.3 is 5.32 Å². The summed E-state index contributed by atoms with van der Waals surface area (Å²) < 4.78 is 2.40. The highest BCUT2D eigenvalue weighted by Crippen LogP contribution is 2.32. The first-order chi connectivity index (χ1) is 14.5. The molecule has 1 amide bonds. The van der Waals surface area contributed by atoms with Crippen LogP contribution in [0.4, 0.5) is 17.1 Å². The third-order valence-corrected chi connectivity index (χ3v) is 5.33. The number of nitro groups is 1. The minimum absolute atomic E-state index is 0.179. The van der Waals surface area contributed by atoms with Crippen LogP contribution in [-0.2, 0) is 4.84 Å². The highest BCUT2D eigenvalue weighted by atomic mass is 127. The molecule has 0 aliphatic heterocycles. The number of hydrogen-bond acceptors (Lipinski definition) is 6. The zero-order chi connectivity index (χ0) is 21.1. The van der Waals surface area contributed by atoms with Crippen molar-refractivity contribution in [1.29, 1.82) is 0 Å². The summed E-state index contributed by atoms with van der Waals surface area (Å²) in [5.41, 5.74) is 3.66. The number of rotatable bonds is 8. The van der Waals surface area contributed by atoms with Crippen molar-refractivity contribution in [3.8, 4) is 5.69 Å². The monoisotopic (exact) mass is 519 g/mol. The van der Waals surface area contributed by atoms with E-state index in [0.717, 1.165) is 16.4 Å². The Balaban J connectivity index is 1.72. The molecule has 1 aliphatic carbocycles. The first-order valence-electron chi connectivity index (χ1n) is 9.28. The second kappa shape index (κ2) is 8.79. The Kier molecular flexibility index (Phi) is 5.95. The molecule has 0 atom stereocenters. The normalized spacial score (nSPS) is 13.1. The smallest absolute Gasteiger partial charge is 0.296 e. The summed E-state index contributed by atoms with van der Waals surface area (Å²) in [6.45, 7) is 0.449. The van der Waals surface area contributed by atoms with E-state index in [4.69, 9.17) is 4.84 Å². The number of carbonyl (C=O) groups is 1. The van der Waals surface area contributed by atoms with E-state index in [0.29, 0.717) is 23.9 Å². The van der Waals surface area contributed by atoms with Crippen molar-refractivity contribution < 1.29 is 14.6 Å². The van der Waals surface area contributed by atoms with Gasteiger partial charge in [0.2, 0.25) is 0 Å². The van der Waals surface area contributed by atoms with Crippen molar-refractivity contribution in [2.24, 2.45) is 5.92 Å². The molecule has 1 aromatic heterocycles. The maximum absolute atomic E-state index is 12.8. The van der Waals surface area contributed by atoms with Crippen molar-refractivity contribution in [2.45, 2.75) is 12.8 Å². The molecule has 0 saturated heterocycles. The molecule has 0 bridgehead atoms. The predicted octanol–water partition coefficient (Wildman–Crippen LogP) is 4.20. The molecule has 1 aliphatic rings. The quantitative estimate of drug-likeness (QED) is 0.262. The molecule has 0 unspecified atom stereocenters. The van der Waals surface area contributed by atoms with Gasteiger partial charge in [-0.05, 0) is 77.7 Å². The van der Waals surface area contributed by atoms with Gasteiger partial charge in [0.05, 0.1) is 22.8 Å². The average Bonchev–Trinajstić information content (AvgIpc) is 3.39. The van der Waals surface area contributed by atoms with E-state index in [-0.39, 0.29) is 16.9 Å². The van der Waals surface area contributed by atoms with Gasteiger partial charge in [-0.15, -0.1) is 0 Å². The Labute approximate surface area is 185 Å². The van der Waals surface area contributed by atoms with Gasteiger partial charge >= 0.3 is 0 Å². The van der Waals surface area contributed by atoms with Crippen molar-refractivity contribution >= 4 is 45.6 Å². The number of hydrogen-bond donors (Lipinski definition) is 2. The zero-order valence-corrected chi connectivity index (χ0v) is 17.9. The van der Waals surface area contributed by atoms with Gasteiger partial charge in [0.25, 0.3) is 11.6 Å². The number of aromatic nitrogens is 2. The molecule has 3 aromatic rings. The highest BCUT2D eigenvalue weighted by Gasteiger charge is 2.25. The van der Waals surface area contributed by atoms with Crippen LogP contribution in [0.15, 0.2) is 54.9 Å². The van der Waals surface area contributed by atoms with Gasteiger partial charge in [-0.25, -0.2) is 10.2 Å². The Bertz CT molecular complexity index is 1070. The number of carbonyl (C=O) groups excluding carboxylic acids is 1. The summed E-state index contributed by atoms with van der Waals surface area (Å²) in [6, 6.07) is 11.9. The van der Waals surface area contributed by atoms with Gasteiger partial charge in [0, 0.05) is 27.7 Å². The van der Waals surface area contributed by atoms with Crippen LogP contribution in [0.5, 0.6) is 0 Å². The molecular weight excluding hydrogens is 501 g/mol. The fourth-order valence-corrected chi connectivity index (χ4v) is 3.22. The second-order valence-electron chi connectivity index (χ2n) is 6.91. The van der Waals surface area contributed by atoms with Crippen LogP contribution in [0.1, 0.15) is 23.2 Å². The predicted molar refractivity (Wildman–Crippen MR) is 119 cm³/mol. The topological polar surface area (TPSA) is 111 Å². The lowest BCUT2D eigenvalue weighted by Crippen LogP contribution is -2.26. The zero-order valence-electron chi connectivity index (χ0n) is 15.7. The third kappa shape index (κ3) is 4.76. The molecular formula is C20H18IN5O4. The maximum Gasteiger partial charge on any atom is 0.296 e. The summed E-state index contributed by atoms with van der Waals surface area (Å²) in [7, 11) is 0. The van der Waals surface area contributed by atoms with Gasteiger partial charge in [-0.3, -0.25) is 19.7 Å². The van der Waals surface area contributed by atoms with Crippen LogP contribution in [0, 0.1) is 19.6 Å². The van der Waals surface area contributed by atoms with Crippen molar-refractivity contribution in [2.75, 3.05) is 11.9 Å². The summed E-state index contributed by atoms with van der Waals surface area (Å²) in [5.74, 6) is -0.0156. The van der Waals surface area contributed by atoms with Gasteiger partial charge in [-0.1, -0.05) is 0 Å². The third-order valence-electron chi connectivity index (χ3n) is 4.61. The summed E-state index contributed by atoms with van der Waals surface area (Å²) in [5, 5.41) is 18.9. The van der Waals surface area contributed by atoms with Crippen molar-refractivity contribution in [1.82, 2.24) is 15.3 Å². The van der Waals surface area contributed by atoms with Gasteiger partial charge in [0.15, 0.2) is 0 Å². The number of halogens is 1. The van der Waals surface area contributed by atoms with E-state index in [2.05, 4.69) is 38.5 Å². The van der Waals surface area contributed by atoms with Crippen LogP contribution < -0.4 is 10.8 Å². The Morgan fingerprint density at radius 1 is 1.30 bits per heavy atom. The largest absolute Gasteiger partial charge is 0.355 e. The number of nitro benzene ring substituents is 1. The SMILES string of the molecule is O=C(NOCC1CC1)c1cc(-n2cccn2)c([N+](=O)[O-])cc1Nc1ccc(I)cc1. The van der Waals surface area contributed by atoms with E-state index in [1.807, 2.05) is 24.3 Å². The van der Waals surface area contributed by atoms with Crippen molar-refractivity contribution in [3.63, 3.8) is 0 Å². The van der Waals surface area contributed by atoms with E-state index < -0.39 is 10.8 Å². The molecule has 1 heterocycles. The first-order valence-corrected chi connectivity index (χ1v) is 10.4. The summed E-state index contributed by atoms with van der Waals surface area (Å²) >= 11 is 2.19. The number of hydroxylamine groups is 1. The fraction of sp³-hybridized carbons (Fsp3) is 0.200. The number of nitrogens with zero attached hydrogens (tertiary/aromatic N) is 3. The average molecular weight is 519 g/mol. The van der Waals surface area contributed by atoms with E-state index in [1.54, 1.807) is 12.3 Å². The maximum atomic E-state index is 12.8. The van der Waals surface area contributed by atoms with E-state index in [1.165, 1.54) is 23.0 Å². The number of benzene rings is 2. The Hall–Kier alpha value is -2.99. The van der Waals surface area contributed by atoms with Gasteiger partial charge in [-0.2, -0.15) is 5.10 Å². The molecule has 1 fully saturated rings. The molecule has 10 heteroatoms. The first kappa shape index (κ1) is 20.3. The van der Waals surface area contributed by atoms with Crippen LogP contribution in [-0.4, -0.2) is 27.2 Å². The molecule has 2 N–H and O–H groups in total. The lowest BCUT2D eigenvalue weighted by molar-refractivity contribution is -0.384. The molecule has 1 saturated carbocycles. The minimum atomic E-state index is -0.499. The minimum Gasteiger partial charge on any atom is -0.355 e. The van der Waals surface area contributed by atoms with E-state index >= 15 is 0 Å². The molecule has 4 rings (SSSR count). The molecule has 9 nitrogen and oxygen atoms in total. The van der Waals surface area contributed by atoms with E-state index in [9.17, 15) is 14.9 Å². The van der Waals surface area contributed by atoms with Crippen molar-refractivity contribution in [3.05, 3.63) is 74.1 Å². The lowest BCUT2D eigenvalue weighted by atomic mass is 10.1. The Morgan fingerprint density at radius 3 is 2.70 bits per heavy atom. The second-order valence-corrected chi connectivity index (χ2v) is 8.16. The number of anilines is 2. The summed E-state index contributed by atoms with van der Waals surface area (Å²) in [6.07, 6.45) is 5.28. The number of amides is 1. The summed E-state index contributed by atoms with van der Waals surface area (Å²) in [4.78, 5) is 29.4. The Morgan fingerprint density at radius 2 is 2.07 bits per heavy atom. The lowest BCUT2D eigenvalue weighted by Gasteiger charge is -2.15. The van der Waals surface area contributed by atoms with Gasteiger partial charge in [0.1, 0.15) is 5.69 Å². The van der Waals surface area contributed by atoms with Crippen LogP contribution in [0.3, 0.4) is 0 Å². The number of nitrogens with one attached hydrogen (secondary N) is 2. The standard InChI is InChI=1S/C20H18IN5O4/c21-14-4-6-15(7-5-14)23-17-11-19(26(28)29)18(25-9-1-8-22-25)10-16(17)20(27)24-30-12-13-2-3-13/h1,4-11,13,23H,2-3,12H2,(H,24,27). The van der Waals surface area contributed by atoms with Crippen LogP contribution in [0.25, 0.3) is 5.69 Å². The molecule has 2 aromatic carbocycles. The fourth-order valence-electron chi connectivity index (χ4n) is 2.86. The van der Waals surface area contributed by atoms with Crippen LogP contribution in [0.2, 0.25) is 0 Å². The molecule has 154 valence electrons. The molecule has 0 radical (unpaired) electrons.